The number of alkyl halides is 2. The van der Waals surface area contributed by atoms with Crippen LogP contribution in [0.4, 0.5) is 8.78 Å². The zero-order valence-corrected chi connectivity index (χ0v) is 9.08. The number of hydrogen-bond acceptors (Lipinski definition) is 2. The summed E-state index contributed by atoms with van der Waals surface area (Å²) in [6.45, 7) is 0.923. The molecule has 0 amide bonds. The molecule has 0 aliphatic carbocycles. The quantitative estimate of drug-likeness (QED) is 0.723. The number of halogens is 2. The van der Waals surface area contributed by atoms with Crippen LogP contribution in [0.2, 0.25) is 0 Å². The van der Waals surface area contributed by atoms with Crippen molar-refractivity contribution in [2.75, 3.05) is 0 Å². The van der Waals surface area contributed by atoms with Crippen molar-refractivity contribution < 1.29 is 18.3 Å². The number of hydrogen-bond donors (Lipinski definition) is 0. The van der Waals surface area contributed by atoms with Gasteiger partial charge in [-0.1, -0.05) is 30.3 Å². The predicted molar refractivity (Wildman–Crippen MR) is 56.1 cm³/mol. The van der Waals surface area contributed by atoms with Crippen LogP contribution in [0, 0.1) is 0 Å². The molecule has 0 N–H and O–H groups in total. The Bertz CT molecular complexity index is 331. The summed E-state index contributed by atoms with van der Waals surface area (Å²) >= 11 is 0. The maximum Gasteiger partial charge on any atom is 0.306 e. The molecule has 0 aliphatic rings. The molecule has 0 aliphatic heterocycles. The second-order valence-corrected chi connectivity index (χ2v) is 3.72. The van der Waals surface area contributed by atoms with Crippen LogP contribution in [0.1, 0.15) is 25.3 Å². The van der Waals surface area contributed by atoms with Gasteiger partial charge in [0.15, 0.2) is 0 Å². The van der Waals surface area contributed by atoms with Gasteiger partial charge in [-0.05, 0) is 12.5 Å². The summed E-state index contributed by atoms with van der Waals surface area (Å²) in [5, 5.41) is 0. The Hall–Kier alpha value is -1.45. The molecule has 0 fully saturated rings. The number of esters is 1. The van der Waals surface area contributed by atoms with Crippen molar-refractivity contribution in [3.8, 4) is 0 Å². The van der Waals surface area contributed by atoms with Crippen molar-refractivity contribution in [3.05, 3.63) is 35.9 Å². The highest BCUT2D eigenvalue weighted by Crippen LogP contribution is 2.19. The molecule has 0 heterocycles. The molecule has 1 aromatic rings. The van der Waals surface area contributed by atoms with Gasteiger partial charge in [0.1, 0.15) is 6.61 Å². The van der Waals surface area contributed by atoms with Crippen molar-refractivity contribution in [1.82, 2.24) is 0 Å². The van der Waals surface area contributed by atoms with Gasteiger partial charge in [-0.25, -0.2) is 8.78 Å². The van der Waals surface area contributed by atoms with Crippen molar-refractivity contribution in [1.29, 1.82) is 0 Å². The van der Waals surface area contributed by atoms with E-state index in [4.69, 9.17) is 4.74 Å². The largest absolute Gasteiger partial charge is 0.461 e. The number of rotatable bonds is 5. The van der Waals surface area contributed by atoms with E-state index in [0.717, 1.165) is 12.5 Å². The van der Waals surface area contributed by atoms with Crippen LogP contribution in [-0.4, -0.2) is 11.9 Å². The zero-order valence-electron chi connectivity index (χ0n) is 9.08. The Kier molecular flexibility index (Phi) is 4.40. The Balaban J connectivity index is 2.26. The first-order valence-corrected chi connectivity index (χ1v) is 5.05. The predicted octanol–water partition coefficient (Wildman–Crippen LogP) is 3.17. The molecule has 0 bridgehead atoms. The maximum absolute atomic E-state index is 12.4. The topological polar surface area (TPSA) is 26.3 Å². The van der Waals surface area contributed by atoms with E-state index in [0.29, 0.717) is 0 Å². The summed E-state index contributed by atoms with van der Waals surface area (Å²) in [6, 6.07) is 9.11. The zero-order chi connectivity index (χ0) is 12.0. The SMILES string of the molecule is CC(F)(F)CCC(=O)OCc1ccccc1. The molecule has 0 atom stereocenters. The van der Waals surface area contributed by atoms with Gasteiger partial charge in [-0.2, -0.15) is 0 Å². The van der Waals surface area contributed by atoms with E-state index >= 15 is 0 Å². The minimum atomic E-state index is -2.81. The summed E-state index contributed by atoms with van der Waals surface area (Å²) in [7, 11) is 0. The number of ether oxygens (including phenoxy) is 1. The summed E-state index contributed by atoms with van der Waals surface area (Å²) in [5.74, 6) is -3.41. The first kappa shape index (κ1) is 12.6. The summed E-state index contributed by atoms with van der Waals surface area (Å²) in [4.78, 5) is 11.1. The number of carbonyl (C=O) groups excluding carboxylic acids is 1. The Morgan fingerprint density at radius 1 is 1.31 bits per heavy atom. The normalized spacial score (nSPS) is 11.2. The first-order valence-electron chi connectivity index (χ1n) is 5.05. The van der Waals surface area contributed by atoms with Crippen molar-refractivity contribution >= 4 is 5.97 Å². The van der Waals surface area contributed by atoms with Gasteiger partial charge in [0.2, 0.25) is 5.92 Å². The maximum atomic E-state index is 12.4. The molecule has 0 saturated heterocycles. The third kappa shape index (κ3) is 5.44. The fourth-order valence-electron chi connectivity index (χ4n) is 1.13. The highest BCUT2D eigenvalue weighted by Gasteiger charge is 2.22. The lowest BCUT2D eigenvalue weighted by molar-refractivity contribution is -0.146. The molecule has 0 aromatic heterocycles. The first-order chi connectivity index (χ1) is 7.47. The molecule has 1 aromatic carbocycles. The summed E-state index contributed by atoms with van der Waals surface area (Å²) in [6.07, 6.45) is -0.725. The van der Waals surface area contributed by atoms with Gasteiger partial charge >= 0.3 is 5.97 Å². The van der Waals surface area contributed by atoms with E-state index in [1.54, 1.807) is 0 Å². The second-order valence-electron chi connectivity index (χ2n) is 3.72. The van der Waals surface area contributed by atoms with E-state index in [1.807, 2.05) is 30.3 Å². The van der Waals surface area contributed by atoms with Crippen LogP contribution in [0.15, 0.2) is 30.3 Å². The van der Waals surface area contributed by atoms with Gasteiger partial charge in [0, 0.05) is 6.42 Å². The lowest BCUT2D eigenvalue weighted by Crippen LogP contribution is -2.14. The third-order valence-electron chi connectivity index (χ3n) is 2.01. The average molecular weight is 228 g/mol. The molecular formula is C12H14F2O2. The molecule has 16 heavy (non-hydrogen) atoms. The van der Waals surface area contributed by atoms with Crippen LogP contribution in [-0.2, 0) is 16.1 Å². The van der Waals surface area contributed by atoms with Crippen LogP contribution in [0.3, 0.4) is 0 Å². The van der Waals surface area contributed by atoms with E-state index in [-0.39, 0.29) is 13.0 Å². The lowest BCUT2D eigenvalue weighted by Gasteiger charge is -2.09. The minimum Gasteiger partial charge on any atom is -0.461 e. The minimum absolute atomic E-state index is 0.134. The van der Waals surface area contributed by atoms with Crippen molar-refractivity contribution in [3.63, 3.8) is 0 Å². The second kappa shape index (κ2) is 5.58. The Morgan fingerprint density at radius 2 is 1.94 bits per heavy atom. The molecule has 2 nitrogen and oxygen atoms in total. The van der Waals surface area contributed by atoms with Gasteiger partial charge in [0.25, 0.3) is 0 Å². The lowest BCUT2D eigenvalue weighted by atomic mass is 10.2. The van der Waals surface area contributed by atoms with Crippen molar-refractivity contribution in [2.45, 2.75) is 32.3 Å². The molecule has 0 unspecified atom stereocenters. The van der Waals surface area contributed by atoms with E-state index in [2.05, 4.69) is 0 Å². The van der Waals surface area contributed by atoms with Crippen LogP contribution < -0.4 is 0 Å². The fraction of sp³-hybridized carbons (Fsp3) is 0.417. The standard InChI is InChI=1S/C12H14F2O2/c1-12(13,14)8-7-11(15)16-9-10-5-3-2-4-6-10/h2-6H,7-9H2,1H3. The van der Waals surface area contributed by atoms with Crippen LogP contribution in [0.5, 0.6) is 0 Å². The molecule has 4 heteroatoms. The summed E-state index contributed by atoms with van der Waals surface area (Å²) in [5.41, 5.74) is 0.846. The third-order valence-corrected chi connectivity index (χ3v) is 2.01. The van der Waals surface area contributed by atoms with E-state index < -0.39 is 18.3 Å². The molecule has 1 rings (SSSR count). The smallest absolute Gasteiger partial charge is 0.306 e. The van der Waals surface area contributed by atoms with Gasteiger partial charge < -0.3 is 4.74 Å². The van der Waals surface area contributed by atoms with Crippen molar-refractivity contribution in [2.24, 2.45) is 0 Å². The molecule has 88 valence electrons. The van der Waals surface area contributed by atoms with Crippen LogP contribution >= 0.6 is 0 Å². The Morgan fingerprint density at radius 3 is 2.50 bits per heavy atom. The fourth-order valence-corrected chi connectivity index (χ4v) is 1.13. The molecule has 0 radical (unpaired) electrons. The number of carbonyl (C=O) groups is 1. The molecule has 0 spiro atoms. The van der Waals surface area contributed by atoms with E-state index in [9.17, 15) is 13.6 Å². The van der Waals surface area contributed by atoms with E-state index in [1.165, 1.54) is 0 Å². The highest BCUT2D eigenvalue weighted by atomic mass is 19.3. The van der Waals surface area contributed by atoms with Crippen LogP contribution in [0.25, 0.3) is 0 Å². The van der Waals surface area contributed by atoms with Gasteiger partial charge in [-0.15, -0.1) is 0 Å². The Labute approximate surface area is 93.2 Å². The van der Waals surface area contributed by atoms with Gasteiger partial charge in [-0.3, -0.25) is 4.79 Å². The summed E-state index contributed by atoms with van der Waals surface area (Å²) < 4.78 is 29.7. The average Bonchev–Trinajstić information content (AvgIpc) is 2.24. The molecular weight excluding hydrogens is 214 g/mol. The van der Waals surface area contributed by atoms with Gasteiger partial charge in [0.05, 0.1) is 6.42 Å². The molecule has 0 saturated carbocycles. The monoisotopic (exact) mass is 228 g/mol. The highest BCUT2D eigenvalue weighted by molar-refractivity contribution is 5.69. The number of benzene rings is 1.